The summed E-state index contributed by atoms with van der Waals surface area (Å²) in [4.78, 5) is 23.4. The Morgan fingerprint density at radius 3 is 2.56 bits per heavy atom. The zero-order valence-electron chi connectivity index (χ0n) is 24.7. The second kappa shape index (κ2) is 14.2. The third-order valence-electron chi connectivity index (χ3n) is 6.92. The first-order valence-corrected chi connectivity index (χ1v) is 15.8. The minimum Gasteiger partial charge on any atom is -0.406 e. The Morgan fingerprint density at radius 2 is 1.84 bits per heavy atom. The van der Waals surface area contributed by atoms with Gasteiger partial charge in [0.2, 0.25) is 5.91 Å². The van der Waals surface area contributed by atoms with Crippen LogP contribution < -0.4 is 15.0 Å². The molecular formula is C32H31F3N6O2S2. The molecule has 234 valence electrons. The van der Waals surface area contributed by atoms with E-state index in [0.29, 0.717) is 34.1 Å². The van der Waals surface area contributed by atoms with E-state index in [-0.39, 0.29) is 11.7 Å². The van der Waals surface area contributed by atoms with Gasteiger partial charge in [0, 0.05) is 12.1 Å². The number of hydrogen-bond acceptors (Lipinski definition) is 6. The van der Waals surface area contributed by atoms with Gasteiger partial charge in [-0.1, -0.05) is 61.5 Å². The molecule has 5 rings (SSSR count). The Bertz CT molecular complexity index is 1690. The smallest absolute Gasteiger partial charge is 0.406 e. The van der Waals surface area contributed by atoms with Crippen molar-refractivity contribution in [1.29, 1.82) is 0 Å². The Morgan fingerprint density at radius 1 is 1.09 bits per heavy atom. The van der Waals surface area contributed by atoms with Crippen molar-refractivity contribution in [1.82, 2.24) is 20.1 Å². The molecule has 1 saturated heterocycles. The van der Waals surface area contributed by atoms with Crippen LogP contribution in [0.4, 0.5) is 18.9 Å². The number of alkyl halides is 3. The van der Waals surface area contributed by atoms with Crippen LogP contribution in [0.2, 0.25) is 0 Å². The number of amides is 1. The number of nitrogens with zero attached hydrogens (tertiary/aromatic N) is 5. The van der Waals surface area contributed by atoms with Gasteiger partial charge in [0.15, 0.2) is 16.1 Å². The summed E-state index contributed by atoms with van der Waals surface area (Å²) in [6.45, 7) is 4.76. The quantitative estimate of drug-likeness (QED) is 0.145. The number of halogens is 3. The van der Waals surface area contributed by atoms with Crippen LogP contribution in [0.15, 0.2) is 78.0 Å². The van der Waals surface area contributed by atoms with Gasteiger partial charge in [-0.15, -0.1) is 18.3 Å². The third kappa shape index (κ3) is 8.49. The van der Waals surface area contributed by atoms with Crippen LogP contribution in [0, 0.1) is 6.92 Å². The molecule has 2 heterocycles. The number of hydrogen-bond donors (Lipinski definition) is 1. The summed E-state index contributed by atoms with van der Waals surface area (Å²) in [7, 11) is 0. The lowest BCUT2D eigenvalue weighted by Crippen LogP contribution is -2.32. The Hall–Kier alpha value is -4.23. The van der Waals surface area contributed by atoms with Crippen LogP contribution in [0.5, 0.6) is 5.75 Å². The highest BCUT2D eigenvalue weighted by Gasteiger charge is 2.32. The normalized spacial score (nSPS) is 14.3. The summed E-state index contributed by atoms with van der Waals surface area (Å²) in [5, 5.41) is 8.59. The maximum Gasteiger partial charge on any atom is 0.573 e. The second-order valence-electron chi connectivity index (χ2n) is 10.4. The molecule has 1 amide bonds. The lowest BCUT2D eigenvalue weighted by molar-refractivity contribution is -0.274. The standard InChI is InChI=1S/C32H31F3N6O2S2/c1-3-5-23-10-7-21(2)18-27(23)41-28(42)19-45-31(41)38-30(44)36-17-4-6-22-8-11-24(12-9-22)29-37-20-40(39-29)25-13-15-26(16-14-25)43-32(33,34)35/h7-16,18,20H,3-6,17,19H2,1-2H3,(H,36,44)/b38-31-. The van der Waals surface area contributed by atoms with Crippen LogP contribution in [0.3, 0.4) is 0 Å². The first-order chi connectivity index (χ1) is 21.6. The fraction of sp³-hybridized carbons (Fsp3) is 0.281. The van der Waals surface area contributed by atoms with E-state index >= 15 is 0 Å². The van der Waals surface area contributed by atoms with Crippen molar-refractivity contribution in [3.05, 3.63) is 89.7 Å². The number of carbonyl (C=O) groups is 1. The summed E-state index contributed by atoms with van der Waals surface area (Å²) in [5.74, 6) is 0.528. The number of rotatable bonds is 10. The van der Waals surface area contributed by atoms with Crippen LogP contribution in [-0.4, -0.2) is 49.6 Å². The number of amidine groups is 1. The minimum atomic E-state index is -4.74. The summed E-state index contributed by atoms with van der Waals surface area (Å²) in [5.41, 5.74) is 5.58. The van der Waals surface area contributed by atoms with Gasteiger partial charge in [0.05, 0.1) is 17.1 Å². The predicted molar refractivity (Wildman–Crippen MR) is 175 cm³/mol. The predicted octanol–water partition coefficient (Wildman–Crippen LogP) is 7.04. The number of aliphatic imine (C=N–C) groups is 1. The summed E-state index contributed by atoms with van der Waals surface area (Å²) < 4.78 is 42.6. The zero-order valence-corrected chi connectivity index (χ0v) is 26.3. The third-order valence-corrected chi connectivity index (χ3v) is 8.08. The average Bonchev–Trinajstić information content (AvgIpc) is 3.63. The van der Waals surface area contributed by atoms with Gasteiger partial charge in [-0.25, -0.2) is 9.67 Å². The van der Waals surface area contributed by atoms with E-state index in [1.165, 1.54) is 47.0 Å². The molecule has 0 atom stereocenters. The van der Waals surface area contributed by atoms with Crippen molar-refractivity contribution >= 4 is 45.9 Å². The molecule has 8 nitrogen and oxygen atoms in total. The van der Waals surface area contributed by atoms with E-state index in [1.54, 1.807) is 4.90 Å². The van der Waals surface area contributed by atoms with Crippen LogP contribution in [0.1, 0.15) is 36.5 Å². The molecule has 1 fully saturated rings. The van der Waals surface area contributed by atoms with E-state index in [9.17, 15) is 18.0 Å². The highest BCUT2D eigenvalue weighted by Crippen LogP contribution is 2.31. The number of nitrogens with one attached hydrogen (secondary N) is 1. The molecule has 4 aromatic rings. The molecule has 0 radical (unpaired) electrons. The Kier molecular flexibility index (Phi) is 10.2. The molecule has 0 spiro atoms. The number of thiocarbonyl (C=S) groups is 1. The van der Waals surface area contributed by atoms with Crippen molar-refractivity contribution in [3.63, 3.8) is 0 Å². The van der Waals surface area contributed by atoms with Gasteiger partial charge in [0.25, 0.3) is 0 Å². The number of thioether (sulfide) groups is 1. The van der Waals surface area contributed by atoms with Crippen molar-refractivity contribution in [2.24, 2.45) is 4.99 Å². The van der Waals surface area contributed by atoms with Crippen molar-refractivity contribution in [3.8, 4) is 22.8 Å². The number of aryl methyl sites for hydroxylation is 3. The van der Waals surface area contributed by atoms with Gasteiger partial charge in [-0.05, 0) is 85.4 Å². The average molecular weight is 653 g/mol. The minimum absolute atomic E-state index is 0.00327. The first kappa shape index (κ1) is 32.2. The van der Waals surface area contributed by atoms with E-state index in [0.717, 1.165) is 53.6 Å². The van der Waals surface area contributed by atoms with Gasteiger partial charge in [-0.2, -0.15) is 4.99 Å². The summed E-state index contributed by atoms with van der Waals surface area (Å²) >= 11 is 6.89. The number of ether oxygens (including phenoxy) is 1. The van der Waals surface area contributed by atoms with Crippen molar-refractivity contribution < 1.29 is 22.7 Å². The Balaban J connectivity index is 1.13. The fourth-order valence-electron chi connectivity index (χ4n) is 4.80. The summed E-state index contributed by atoms with van der Waals surface area (Å²) in [6.07, 6.45) is 0.246. The topological polar surface area (TPSA) is 84.6 Å². The van der Waals surface area contributed by atoms with Gasteiger partial charge >= 0.3 is 6.36 Å². The van der Waals surface area contributed by atoms with Crippen LogP contribution in [0.25, 0.3) is 17.1 Å². The second-order valence-corrected chi connectivity index (χ2v) is 11.7. The molecule has 1 aliphatic heterocycles. The Labute approximate surface area is 268 Å². The maximum atomic E-state index is 12.8. The lowest BCUT2D eigenvalue weighted by Gasteiger charge is -2.20. The molecule has 0 unspecified atom stereocenters. The number of carbonyl (C=O) groups excluding carboxylic acids is 1. The monoisotopic (exact) mass is 652 g/mol. The number of benzene rings is 3. The number of aromatic nitrogens is 3. The molecule has 0 saturated carbocycles. The van der Waals surface area contributed by atoms with Crippen molar-refractivity contribution in [2.45, 2.75) is 45.9 Å². The maximum absolute atomic E-state index is 12.8. The highest BCUT2D eigenvalue weighted by atomic mass is 32.2. The number of anilines is 1. The van der Waals surface area contributed by atoms with E-state index in [2.05, 4.69) is 44.2 Å². The van der Waals surface area contributed by atoms with E-state index in [4.69, 9.17) is 12.2 Å². The van der Waals surface area contributed by atoms with E-state index < -0.39 is 6.36 Å². The van der Waals surface area contributed by atoms with Gasteiger partial charge in [-0.3, -0.25) is 9.69 Å². The van der Waals surface area contributed by atoms with Crippen molar-refractivity contribution in [2.75, 3.05) is 17.2 Å². The molecule has 0 bridgehead atoms. The SMILES string of the molecule is CCCc1ccc(C)cc1N1C(=O)CS/C1=N\C(=S)NCCCc1ccc(-c2ncn(-c3ccc(OC(F)(F)F)cc3)n2)cc1. The van der Waals surface area contributed by atoms with Gasteiger partial charge < -0.3 is 10.1 Å². The molecule has 1 aromatic heterocycles. The van der Waals surface area contributed by atoms with Crippen LogP contribution in [-0.2, 0) is 17.6 Å². The zero-order chi connectivity index (χ0) is 32.0. The first-order valence-electron chi connectivity index (χ1n) is 14.4. The molecular weight excluding hydrogens is 622 g/mol. The highest BCUT2D eigenvalue weighted by molar-refractivity contribution is 8.15. The fourth-order valence-corrected chi connectivity index (χ4v) is 5.91. The molecule has 13 heteroatoms. The molecule has 1 N–H and O–H groups in total. The molecule has 1 aliphatic rings. The molecule has 3 aromatic carbocycles. The lowest BCUT2D eigenvalue weighted by atomic mass is 10.0. The van der Waals surface area contributed by atoms with E-state index in [1.807, 2.05) is 37.3 Å². The molecule has 0 aliphatic carbocycles. The van der Waals surface area contributed by atoms with Gasteiger partial charge in [0.1, 0.15) is 12.1 Å². The summed E-state index contributed by atoms with van der Waals surface area (Å²) in [6, 6.07) is 19.5. The molecule has 45 heavy (non-hydrogen) atoms. The van der Waals surface area contributed by atoms with Crippen LogP contribution >= 0.6 is 24.0 Å². The largest absolute Gasteiger partial charge is 0.573 e.